The average molecular weight is 260 g/mol. The van der Waals surface area contributed by atoms with Gasteiger partial charge in [0.15, 0.2) is 23.4 Å². The quantitative estimate of drug-likeness (QED) is 0.807. The van der Waals surface area contributed by atoms with E-state index in [1.54, 1.807) is 12.1 Å². The van der Waals surface area contributed by atoms with Crippen LogP contribution in [0.3, 0.4) is 0 Å². The second-order valence-corrected chi connectivity index (χ2v) is 4.26. The lowest BCUT2D eigenvalue weighted by molar-refractivity contribution is 0.0843. The van der Waals surface area contributed by atoms with E-state index in [4.69, 9.17) is 9.47 Å². The zero-order chi connectivity index (χ0) is 13.4. The SMILES string of the molecule is Cc1c(O)nc(C2COc3ccccc3O2)[nH]c1=O. The van der Waals surface area contributed by atoms with Crippen molar-refractivity contribution in [3.8, 4) is 17.4 Å². The van der Waals surface area contributed by atoms with Gasteiger partial charge in [-0.15, -0.1) is 0 Å². The molecule has 1 atom stereocenters. The summed E-state index contributed by atoms with van der Waals surface area (Å²) in [5.74, 6) is 1.20. The van der Waals surface area contributed by atoms with Crippen LogP contribution in [0.25, 0.3) is 0 Å². The molecule has 1 aromatic heterocycles. The van der Waals surface area contributed by atoms with Crippen LogP contribution in [0.5, 0.6) is 17.4 Å². The van der Waals surface area contributed by atoms with Gasteiger partial charge in [0.2, 0.25) is 5.88 Å². The van der Waals surface area contributed by atoms with Gasteiger partial charge in [-0.25, -0.2) is 0 Å². The van der Waals surface area contributed by atoms with E-state index >= 15 is 0 Å². The first kappa shape index (κ1) is 11.6. The van der Waals surface area contributed by atoms with Crippen LogP contribution < -0.4 is 15.0 Å². The van der Waals surface area contributed by atoms with Crippen molar-refractivity contribution in [2.45, 2.75) is 13.0 Å². The molecular weight excluding hydrogens is 248 g/mol. The van der Waals surface area contributed by atoms with E-state index in [1.807, 2.05) is 12.1 Å². The molecule has 2 heterocycles. The number of ether oxygens (including phenoxy) is 2. The second-order valence-electron chi connectivity index (χ2n) is 4.26. The highest BCUT2D eigenvalue weighted by atomic mass is 16.6. The summed E-state index contributed by atoms with van der Waals surface area (Å²) in [6.07, 6.45) is -0.547. The number of benzene rings is 1. The monoisotopic (exact) mass is 260 g/mol. The molecule has 2 aromatic rings. The Morgan fingerprint density at radius 3 is 2.84 bits per heavy atom. The van der Waals surface area contributed by atoms with E-state index in [9.17, 15) is 9.90 Å². The highest BCUT2D eigenvalue weighted by molar-refractivity contribution is 5.41. The number of aromatic amines is 1. The fourth-order valence-electron chi connectivity index (χ4n) is 1.84. The maximum Gasteiger partial charge on any atom is 0.257 e. The van der Waals surface area contributed by atoms with Gasteiger partial charge in [0.05, 0.1) is 5.56 Å². The normalized spacial score (nSPS) is 17.2. The van der Waals surface area contributed by atoms with Crippen LogP contribution in [0.4, 0.5) is 0 Å². The van der Waals surface area contributed by atoms with E-state index in [0.717, 1.165) is 0 Å². The number of aromatic hydroxyl groups is 1. The second kappa shape index (κ2) is 4.31. The molecule has 1 aliphatic heterocycles. The van der Waals surface area contributed by atoms with Crippen LogP contribution in [0, 0.1) is 6.92 Å². The lowest BCUT2D eigenvalue weighted by atomic mass is 10.2. The molecule has 19 heavy (non-hydrogen) atoms. The van der Waals surface area contributed by atoms with Crippen LogP contribution in [0.2, 0.25) is 0 Å². The van der Waals surface area contributed by atoms with Crippen LogP contribution in [-0.4, -0.2) is 21.7 Å². The number of H-pyrrole nitrogens is 1. The lowest BCUT2D eigenvalue weighted by Crippen LogP contribution is -2.26. The largest absolute Gasteiger partial charge is 0.493 e. The fourth-order valence-corrected chi connectivity index (χ4v) is 1.84. The van der Waals surface area contributed by atoms with Crippen molar-refractivity contribution in [3.05, 3.63) is 46.0 Å². The van der Waals surface area contributed by atoms with Gasteiger partial charge >= 0.3 is 0 Å². The molecule has 98 valence electrons. The zero-order valence-electron chi connectivity index (χ0n) is 10.2. The molecule has 1 unspecified atom stereocenters. The molecule has 0 saturated carbocycles. The summed E-state index contributed by atoms with van der Waals surface area (Å²) in [5, 5.41) is 9.58. The smallest absolute Gasteiger partial charge is 0.257 e. The van der Waals surface area contributed by atoms with Crippen molar-refractivity contribution in [2.75, 3.05) is 6.61 Å². The maximum atomic E-state index is 11.6. The maximum absolute atomic E-state index is 11.6. The third-order valence-corrected chi connectivity index (χ3v) is 2.96. The van der Waals surface area contributed by atoms with Crippen molar-refractivity contribution in [1.29, 1.82) is 0 Å². The predicted octanol–water partition coefficient (Wildman–Crippen LogP) is 1.30. The first-order valence-electron chi connectivity index (χ1n) is 5.83. The van der Waals surface area contributed by atoms with Crippen molar-refractivity contribution in [2.24, 2.45) is 0 Å². The van der Waals surface area contributed by atoms with Gasteiger partial charge in [0.25, 0.3) is 5.56 Å². The van der Waals surface area contributed by atoms with Gasteiger partial charge in [0, 0.05) is 0 Å². The van der Waals surface area contributed by atoms with E-state index in [2.05, 4.69) is 9.97 Å². The van der Waals surface area contributed by atoms with Crippen molar-refractivity contribution >= 4 is 0 Å². The molecule has 0 saturated heterocycles. The van der Waals surface area contributed by atoms with Gasteiger partial charge in [-0.3, -0.25) is 4.79 Å². The molecule has 0 spiro atoms. The Kier molecular flexibility index (Phi) is 2.63. The minimum Gasteiger partial charge on any atom is -0.493 e. The van der Waals surface area contributed by atoms with Gasteiger partial charge in [-0.2, -0.15) is 4.98 Å². The summed E-state index contributed by atoms with van der Waals surface area (Å²) in [5.41, 5.74) is -0.203. The van der Waals surface area contributed by atoms with E-state index < -0.39 is 6.10 Å². The van der Waals surface area contributed by atoms with Crippen molar-refractivity contribution in [3.63, 3.8) is 0 Å². The average Bonchev–Trinajstić information content (AvgIpc) is 2.43. The molecule has 1 aliphatic rings. The summed E-state index contributed by atoms with van der Waals surface area (Å²) in [7, 11) is 0. The number of rotatable bonds is 1. The first-order valence-corrected chi connectivity index (χ1v) is 5.83. The number of hydrogen-bond donors (Lipinski definition) is 2. The molecule has 6 nitrogen and oxygen atoms in total. The molecule has 1 aromatic carbocycles. The Labute approximate surface area is 108 Å². The summed E-state index contributed by atoms with van der Waals surface area (Å²) in [6.45, 7) is 1.72. The number of fused-ring (bicyclic) bond motifs is 1. The first-order chi connectivity index (χ1) is 9.15. The molecule has 2 N–H and O–H groups in total. The van der Waals surface area contributed by atoms with Gasteiger partial charge in [0.1, 0.15) is 6.61 Å². The minimum absolute atomic E-state index is 0.181. The summed E-state index contributed by atoms with van der Waals surface area (Å²) < 4.78 is 11.2. The Morgan fingerprint density at radius 1 is 1.37 bits per heavy atom. The zero-order valence-corrected chi connectivity index (χ0v) is 10.2. The number of nitrogens with one attached hydrogen (secondary N) is 1. The Hall–Kier alpha value is -2.50. The van der Waals surface area contributed by atoms with Gasteiger partial charge in [-0.05, 0) is 19.1 Å². The molecule has 6 heteroatoms. The van der Waals surface area contributed by atoms with E-state index in [1.165, 1.54) is 6.92 Å². The third kappa shape index (κ3) is 2.01. The highest BCUT2D eigenvalue weighted by Gasteiger charge is 2.25. The standard InChI is InChI=1S/C13H12N2O4/c1-7-12(16)14-11(15-13(7)17)10-6-18-8-4-2-3-5-9(8)19-10/h2-5,10H,6H2,1H3,(H2,14,15,16,17). The summed E-state index contributed by atoms with van der Waals surface area (Å²) >= 11 is 0. The third-order valence-electron chi connectivity index (χ3n) is 2.96. The molecule has 0 radical (unpaired) electrons. The van der Waals surface area contributed by atoms with E-state index in [-0.39, 0.29) is 29.4 Å². The van der Waals surface area contributed by atoms with Crippen LogP contribution in [-0.2, 0) is 0 Å². The Morgan fingerprint density at radius 2 is 2.11 bits per heavy atom. The fraction of sp³-hybridized carbons (Fsp3) is 0.231. The number of hydrogen-bond acceptors (Lipinski definition) is 5. The van der Waals surface area contributed by atoms with Crippen molar-refractivity contribution in [1.82, 2.24) is 9.97 Å². The Balaban J connectivity index is 1.95. The number of para-hydroxylation sites is 2. The lowest BCUT2D eigenvalue weighted by Gasteiger charge is -2.25. The van der Waals surface area contributed by atoms with Crippen LogP contribution in [0.1, 0.15) is 17.5 Å². The number of aromatic nitrogens is 2. The minimum atomic E-state index is -0.547. The van der Waals surface area contributed by atoms with Crippen LogP contribution >= 0.6 is 0 Å². The number of nitrogens with zero attached hydrogens (tertiary/aromatic N) is 1. The van der Waals surface area contributed by atoms with Gasteiger partial charge in [-0.1, -0.05) is 12.1 Å². The molecular formula is C13H12N2O4. The molecule has 0 aliphatic carbocycles. The highest BCUT2D eigenvalue weighted by Crippen LogP contribution is 2.34. The van der Waals surface area contributed by atoms with Gasteiger partial charge < -0.3 is 19.6 Å². The predicted molar refractivity (Wildman–Crippen MR) is 66.6 cm³/mol. The Bertz CT molecular complexity index is 681. The molecule has 3 rings (SSSR count). The molecule has 0 amide bonds. The summed E-state index contributed by atoms with van der Waals surface area (Å²) in [4.78, 5) is 18.1. The van der Waals surface area contributed by atoms with E-state index in [0.29, 0.717) is 11.5 Å². The summed E-state index contributed by atoms with van der Waals surface area (Å²) in [6, 6.07) is 7.25. The van der Waals surface area contributed by atoms with Crippen molar-refractivity contribution < 1.29 is 14.6 Å². The molecule has 0 fully saturated rings. The topological polar surface area (TPSA) is 84.4 Å². The van der Waals surface area contributed by atoms with Crippen LogP contribution in [0.15, 0.2) is 29.1 Å². The molecule has 0 bridgehead atoms.